The molecule has 2 aromatic carbocycles. The van der Waals surface area contributed by atoms with Gasteiger partial charge in [0.25, 0.3) is 0 Å². The molecule has 0 aliphatic carbocycles. The molecule has 7 nitrogen and oxygen atoms in total. The first-order valence-corrected chi connectivity index (χ1v) is 10.6. The molecule has 2 aliphatic heterocycles. The standard InChI is InChI=1S/C23H27FN4O3/c24-20-8-1-2-9-21(20)27-10-12-28(13-11-27)23(25-16-19-7-4-14-31-19)26-18-6-3-5-17(15-18)22(29)30/h1-3,5-6,8-9,15,19H,4,7,10-14,16H2,(H,25,26)(H,29,30)/t19-/m0/s1. The molecule has 0 radical (unpaired) electrons. The van der Waals surface area contributed by atoms with E-state index in [1.165, 1.54) is 6.07 Å². The summed E-state index contributed by atoms with van der Waals surface area (Å²) >= 11 is 0. The molecule has 4 rings (SSSR count). The minimum absolute atomic E-state index is 0.113. The van der Waals surface area contributed by atoms with Crippen LogP contribution in [0.5, 0.6) is 0 Å². The normalized spacial score (nSPS) is 19.5. The number of carbonyl (C=O) groups is 1. The third kappa shape index (κ3) is 5.32. The van der Waals surface area contributed by atoms with Crippen LogP contribution < -0.4 is 10.2 Å². The summed E-state index contributed by atoms with van der Waals surface area (Å²) in [5.41, 5.74) is 1.50. The van der Waals surface area contributed by atoms with Gasteiger partial charge in [-0.1, -0.05) is 18.2 Å². The Morgan fingerprint density at radius 2 is 1.97 bits per heavy atom. The van der Waals surface area contributed by atoms with Gasteiger partial charge in [0.2, 0.25) is 0 Å². The fourth-order valence-corrected chi connectivity index (χ4v) is 3.92. The summed E-state index contributed by atoms with van der Waals surface area (Å²) in [6, 6.07) is 13.5. The van der Waals surface area contributed by atoms with Crippen molar-refractivity contribution in [3.63, 3.8) is 0 Å². The van der Waals surface area contributed by atoms with Gasteiger partial charge in [-0.25, -0.2) is 9.18 Å². The number of rotatable bonds is 5. The van der Waals surface area contributed by atoms with E-state index >= 15 is 0 Å². The van der Waals surface area contributed by atoms with Gasteiger partial charge in [0.15, 0.2) is 5.96 Å². The molecule has 2 fully saturated rings. The molecule has 2 aliphatic rings. The van der Waals surface area contributed by atoms with Crippen molar-refractivity contribution in [1.82, 2.24) is 4.90 Å². The zero-order valence-electron chi connectivity index (χ0n) is 17.3. The Balaban J connectivity index is 1.48. The SMILES string of the molecule is O=C(O)c1cccc(NC(=NC[C@@H]2CCCO2)N2CCN(c3ccccc3F)CC2)c1. The average molecular weight is 426 g/mol. The minimum atomic E-state index is -0.972. The first-order chi connectivity index (χ1) is 15.1. The van der Waals surface area contributed by atoms with Gasteiger partial charge in [0, 0.05) is 38.5 Å². The van der Waals surface area contributed by atoms with E-state index in [-0.39, 0.29) is 17.5 Å². The van der Waals surface area contributed by atoms with Crippen molar-refractivity contribution < 1.29 is 19.0 Å². The van der Waals surface area contributed by atoms with Gasteiger partial charge in [0.05, 0.1) is 23.9 Å². The smallest absolute Gasteiger partial charge is 0.335 e. The molecule has 0 unspecified atom stereocenters. The largest absolute Gasteiger partial charge is 0.478 e. The highest BCUT2D eigenvalue weighted by Gasteiger charge is 2.23. The van der Waals surface area contributed by atoms with Gasteiger partial charge >= 0.3 is 5.97 Å². The van der Waals surface area contributed by atoms with E-state index < -0.39 is 5.97 Å². The molecule has 31 heavy (non-hydrogen) atoms. The Morgan fingerprint density at radius 3 is 2.68 bits per heavy atom. The summed E-state index contributed by atoms with van der Waals surface area (Å²) in [6.07, 6.45) is 2.15. The number of para-hydroxylation sites is 1. The number of anilines is 2. The van der Waals surface area contributed by atoms with Gasteiger partial charge in [0.1, 0.15) is 5.82 Å². The average Bonchev–Trinajstić information content (AvgIpc) is 3.31. The van der Waals surface area contributed by atoms with Crippen molar-refractivity contribution in [2.75, 3.05) is 49.5 Å². The number of benzene rings is 2. The lowest BCUT2D eigenvalue weighted by Gasteiger charge is -2.38. The van der Waals surface area contributed by atoms with E-state index in [1.54, 1.807) is 30.3 Å². The molecule has 164 valence electrons. The van der Waals surface area contributed by atoms with E-state index in [0.717, 1.165) is 19.4 Å². The number of piperazine rings is 1. The fourth-order valence-electron chi connectivity index (χ4n) is 3.92. The van der Waals surface area contributed by atoms with Crippen molar-refractivity contribution in [1.29, 1.82) is 0 Å². The molecule has 2 N–H and O–H groups in total. The number of hydrogen-bond acceptors (Lipinski definition) is 4. The van der Waals surface area contributed by atoms with E-state index in [4.69, 9.17) is 9.73 Å². The minimum Gasteiger partial charge on any atom is -0.478 e. The number of aliphatic imine (C=N–C) groups is 1. The second-order valence-electron chi connectivity index (χ2n) is 7.74. The zero-order valence-corrected chi connectivity index (χ0v) is 17.3. The van der Waals surface area contributed by atoms with Gasteiger partial charge in [-0.3, -0.25) is 4.99 Å². The van der Waals surface area contributed by atoms with Crippen LogP contribution in [0.1, 0.15) is 23.2 Å². The highest BCUT2D eigenvalue weighted by atomic mass is 19.1. The number of halogens is 1. The van der Waals surface area contributed by atoms with Gasteiger partial charge < -0.3 is 25.0 Å². The van der Waals surface area contributed by atoms with Gasteiger partial charge in [-0.2, -0.15) is 0 Å². The number of carboxylic acid groups (broad SMARTS) is 1. The summed E-state index contributed by atoms with van der Waals surface area (Å²) in [6.45, 7) is 3.99. The van der Waals surface area contributed by atoms with Crippen LogP contribution in [0, 0.1) is 5.82 Å². The summed E-state index contributed by atoms with van der Waals surface area (Å²) < 4.78 is 19.9. The summed E-state index contributed by atoms with van der Waals surface area (Å²) in [5, 5.41) is 12.6. The summed E-state index contributed by atoms with van der Waals surface area (Å²) in [5.74, 6) is -0.502. The van der Waals surface area contributed by atoms with E-state index in [0.29, 0.717) is 50.1 Å². The maximum Gasteiger partial charge on any atom is 0.335 e. The van der Waals surface area contributed by atoms with Crippen LogP contribution in [0.15, 0.2) is 53.5 Å². The Hall–Kier alpha value is -3.13. The van der Waals surface area contributed by atoms with Crippen LogP contribution in [0.4, 0.5) is 15.8 Å². The van der Waals surface area contributed by atoms with Crippen LogP contribution in [0.25, 0.3) is 0 Å². The Morgan fingerprint density at radius 1 is 1.16 bits per heavy atom. The van der Waals surface area contributed by atoms with Crippen LogP contribution >= 0.6 is 0 Å². The lowest BCUT2D eigenvalue weighted by molar-refractivity contribution is 0.0697. The lowest BCUT2D eigenvalue weighted by atomic mass is 10.2. The van der Waals surface area contributed by atoms with E-state index in [9.17, 15) is 14.3 Å². The highest BCUT2D eigenvalue weighted by molar-refractivity contribution is 5.96. The molecule has 2 aromatic rings. The maximum absolute atomic E-state index is 14.2. The number of guanidine groups is 1. The predicted octanol–water partition coefficient (Wildman–Crippen LogP) is 3.29. The number of carboxylic acids is 1. The van der Waals surface area contributed by atoms with Crippen molar-refractivity contribution in [3.8, 4) is 0 Å². The number of nitrogens with zero attached hydrogens (tertiary/aromatic N) is 3. The van der Waals surface area contributed by atoms with Crippen LogP contribution in [-0.2, 0) is 4.74 Å². The first kappa shape index (κ1) is 21.1. The first-order valence-electron chi connectivity index (χ1n) is 10.6. The molecule has 0 bridgehead atoms. The Kier molecular flexibility index (Phi) is 6.66. The summed E-state index contributed by atoms with van der Waals surface area (Å²) in [4.78, 5) is 20.3. The zero-order chi connectivity index (χ0) is 21.6. The molecule has 0 saturated carbocycles. The van der Waals surface area contributed by atoms with Gasteiger partial charge in [-0.15, -0.1) is 0 Å². The quantitative estimate of drug-likeness (QED) is 0.564. The van der Waals surface area contributed by atoms with E-state index in [1.807, 2.05) is 17.0 Å². The van der Waals surface area contributed by atoms with Crippen molar-refractivity contribution in [2.45, 2.75) is 18.9 Å². The third-order valence-electron chi connectivity index (χ3n) is 5.61. The number of hydrogen-bond donors (Lipinski definition) is 2. The monoisotopic (exact) mass is 426 g/mol. The molecule has 2 heterocycles. The number of aromatic carboxylic acids is 1. The second-order valence-corrected chi connectivity index (χ2v) is 7.74. The topological polar surface area (TPSA) is 77.4 Å². The molecule has 1 atom stereocenters. The molecular formula is C23H27FN4O3. The Bertz CT molecular complexity index is 938. The Labute approximate surface area is 181 Å². The fraction of sp³-hybridized carbons (Fsp3) is 0.391. The van der Waals surface area contributed by atoms with E-state index in [2.05, 4.69) is 10.2 Å². The van der Waals surface area contributed by atoms with Crippen molar-refractivity contribution in [3.05, 3.63) is 59.9 Å². The van der Waals surface area contributed by atoms with Crippen LogP contribution in [0.2, 0.25) is 0 Å². The molecule has 2 saturated heterocycles. The predicted molar refractivity (Wildman–Crippen MR) is 118 cm³/mol. The summed E-state index contributed by atoms with van der Waals surface area (Å²) in [7, 11) is 0. The molecule has 0 amide bonds. The number of nitrogens with one attached hydrogen (secondary N) is 1. The number of ether oxygens (including phenoxy) is 1. The van der Waals surface area contributed by atoms with Crippen molar-refractivity contribution >= 4 is 23.3 Å². The van der Waals surface area contributed by atoms with Gasteiger partial charge in [-0.05, 0) is 43.2 Å². The van der Waals surface area contributed by atoms with Crippen LogP contribution in [0.3, 0.4) is 0 Å². The molecule has 8 heteroatoms. The maximum atomic E-state index is 14.2. The van der Waals surface area contributed by atoms with Crippen LogP contribution in [-0.4, -0.2) is 67.4 Å². The second kappa shape index (κ2) is 9.78. The lowest BCUT2D eigenvalue weighted by Crippen LogP contribution is -2.51. The van der Waals surface area contributed by atoms with Crippen molar-refractivity contribution in [2.24, 2.45) is 4.99 Å². The molecular weight excluding hydrogens is 399 g/mol. The third-order valence-corrected chi connectivity index (χ3v) is 5.61. The molecule has 0 spiro atoms. The molecule has 0 aromatic heterocycles. The highest BCUT2D eigenvalue weighted by Crippen LogP contribution is 2.21.